The number of hydrogen-bond donors (Lipinski definition) is 0. The first kappa shape index (κ1) is 12.2. The van der Waals surface area contributed by atoms with E-state index < -0.39 is 0 Å². The van der Waals surface area contributed by atoms with Gasteiger partial charge >= 0.3 is 0 Å². The molecular weight excluding hydrogens is 184 g/mol. The minimum atomic E-state index is -0.0934. The van der Waals surface area contributed by atoms with Crippen LogP contribution in [0, 0.1) is 11.3 Å². The first-order valence-electron chi connectivity index (χ1n) is 5.88. The summed E-state index contributed by atoms with van der Waals surface area (Å²) in [6, 6.07) is 0. The van der Waals surface area contributed by atoms with Crippen molar-refractivity contribution in [1.82, 2.24) is 0 Å². The highest BCUT2D eigenvalue weighted by Crippen LogP contribution is 2.36. The van der Waals surface area contributed by atoms with Gasteiger partial charge in [-0.2, -0.15) is 0 Å². The van der Waals surface area contributed by atoms with E-state index in [4.69, 9.17) is 0 Å². The van der Waals surface area contributed by atoms with E-state index in [1.807, 2.05) is 0 Å². The molecule has 0 saturated carbocycles. The fraction of sp³-hybridized carbons (Fsp3) is 0.643. The maximum Gasteiger partial charge on any atom is 0.126 e. The van der Waals surface area contributed by atoms with E-state index >= 15 is 0 Å². The molecule has 0 fully saturated rings. The smallest absolute Gasteiger partial charge is 0.126 e. The number of rotatable bonds is 4. The van der Waals surface area contributed by atoms with Crippen LogP contribution in [0.5, 0.6) is 0 Å². The molecule has 2 atom stereocenters. The molecule has 0 heterocycles. The van der Waals surface area contributed by atoms with Crippen LogP contribution in [0.4, 0.5) is 0 Å². The third kappa shape index (κ3) is 3.33. The van der Waals surface area contributed by atoms with Crippen molar-refractivity contribution in [1.29, 1.82) is 0 Å². The van der Waals surface area contributed by atoms with Crippen molar-refractivity contribution < 1.29 is 4.79 Å². The van der Waals surface area contributed by atoms with Gasteiger partial charge in [-0.05, 0) is 38.5 Å². The van der Waals surface area contributed by atoms with Crippen LogP contribution in [0.25, 0.3) is 0 Å². The Bertz CT molecular complexity index is 275. The van der Waals surface area contributed by atoms with E-state index in [0.717, 1.165) is 32.0 Å². The molecule has 1 aliphatic carbocycles. The summed E-state index contributed by atoms with van der Waals surface area (Å²) >= 11 is 0. The van der Waals surface area contributed by atoms with Crippen molar-refractivity contribution in [2.45, 2.75) is 46.5 Å². The average Bonchev–Trinajstić information content (AvgIpc) is 2.27. The van der Waals surface area contributed by atoms with Gasteiger partial charge in [-0.1, -0.05) is 37.6 Å². The molecule has 0 aromatic heterocycles. The predicted molar refractivity (Wildman–Crippen MR) is 64.7 cm³/mol. The molecule has 0 amide bonds. The standard InChI is InChI=1S/C14H22O/c1-4-5-6-12(2)13-7-9-14(3,11-15)10-8-13/h4-5,7,11-12H,6,8-10H2,1-3H3. The maximum absolute atomic E-state index is 10.9. The van der Waals surface area contributed by atoms with Crippen LogP contribution in [0.2, 0.25) is 0 Å². The Balaban J connectivity index is 2.56. The molecule has 0 saturated heterocycles. The van der Waals surface area contributed by atoms with Gasteiger partial charge in [-0.15, -0.1) is 0 Å². The van der Waals surface area contributed by atoms with E-state index in [9.17, 15) is 4.79 Å². The fourth-order valence-corrected chi connectivity index (χ4v) is 2.04. The van der Waals surface area contributed by atoms with E-state index in [1.54, 1.807) is 0 Å². The summed E-state index contributed by atoms with van der Waals surface area (Å²) in [5.74, 6) is 0.636. The summed E-state index contributed by atoms with van der Waals surface area (Å²) in [4.78, 5) is 10.9. The van der Waals surface area contributed by atoms with Crippen molar-refractivity contribution in [3.05, 3.63) is 23.8 Å². The van der Waals surface area contributed by atoms with Crippen molar-refractivity contribution in [3.63, 3.8) is 0 Å². The van der Waals surface area contributed by atoms with E-state index in [1.165, 1.54) is 5.57 Å². The Morgan fingerprint density at radius 2 is 2.33 bits per heavy atom. The van der Waals surface area contributed by atoms with Gasteiger partial charge in [-0.3, -0.25) is 0 Å². The quantitative estimate of drug-likeness (QED) is 0.503. The Morgan fingerprint density at radius 1 is 1.60 bits per heavy atom. The fourth-order valence-electron chi connectivity index (χ4n) is 2.04. The molecule has 1 rings (SSSR count). The molecule has 0 spiro atoms. The molecule has 2 unspecified atom stereocenters. The van der Waals surface area contributed by atoms with Crippen molar-refractivity contribution >= 4 is 6.29 Å². The minimum Gasteiger partial charge on any atom is -0.303 e. The van der Waals surface area contributed by atoms with Crippen LogP contribution in [-0.4, -0.2) is 6.29 Å². The van der Waals surface area contributed by atoms with Gasteiger partial charge in [0.1, 0.15) is 6.29 Å². The lowest BCUT2D eigenvalue weighted by Crippen LogP contribution is -2.22. The molecular formula is C14H22O. The summed E-state index contributed by atoms with van der Waals surface area (Å²) < 4.78 is 0. The van der Waals surface area contributed by atoms with Crippen LogP contribution < -0.4 is 0 Å². The molecule has 15 heavy (non-hydrogen) atoms. The molecule has 1 aliphatic rings. The van der Waals surface area contributed by atoms with E-state index in [2.05, 4.69) is 39.0 Å². The van der Waals surface area contributed by atoms with Gasteiger partial charge in [0.2, 0.25) is 0 Å². The summed E-state index contributed by atoms with van der Waals surface area (Å²) in [6.07, 6.45) is 11.9. The largest absolute Gasteiger partial charge is 0.303 e. The summed E-state index contributed by atoms with van der Waals surface area (Å²) in [5, 5.41) is 0. The second kappa shape index (κ2) is 5.29. The summed E-state index contributed by atoms with van der Waals surface area (Å²) in [5.41, 5.74) is 1.44. The lowest BCUT2D eigenvalue weighted by atomic mass is 9.75. The molecule has 84 valence electrons. The first-order chi connectivity index (χ1) is 7.11. The van der Waals surface area contributed by atoms with Gasteiger partial charge in [0, 0.05) is 5.41 Å². The zero-order chi connectivity index (χ0) is 11.3. The molecule has 0 radical (unpaired) electrons. The molecule has 0 bridgehead atoms. The van der Waals surface area contributed by atoms with Crippen LogP contribution in [-0.2, 0) is 4.79 Å². The molecule has 0 aromatic carbocycles. The van der Waals surface area contributed by atoms with Crippen LogP contribution in [0.15, 0.2) is 23.8 Å². The first-order valence-corrected chi connectivity index (χ1v) is 5.88. The highest BCUT2D eigenvalue weighted by Gasteiger charge is 2.27. The lowest BCUT2D eigenvalue weighted by molar-refractivity contribution is -0.115. The number of carbonyl (C=O) groups is 1. The van der Waals surface area contributed by atoms with Crippen LogP contribution >= 0.6 is 0 Å². The third-order valence-corrected chi connectivity index (χ3v) is 3.46. The monoisotopic (exact) mass is 206 g/mol. The highest BCUT2D eigenvalue weighted by atomic mass is 16.1. The normalized spacial score (nSPS) is 28.9. The molecule has 0 aliphatic heterocycles. The predicted octanol–water partition coefficient (Wildman–Crippen LogP) is 3.90. The number of allylic oxidation sites excluding steroid dienone is 4. The van der Waals surface area contributed by atoms with E-state index in [-0.39, 0.29) is 5.41 Å². The molecule has 1 nitrogen and oxygen atoms in total. The Hall–Kier alpha value is -0.850. The van der Waals surface area contributed by atoms with Gasteiger partial charge in [0.15, 0.2) is 0 Å². The zero-order valence-corrected chi connectivity index (χ0v) is 10.1. The Labute approximate surface area is 93.3 Å². The average molecular weight is 206 g/mol. The van der Waals surface area contributed by atoms with Gasteiger partial charge < -0.3 is 4.79 Å². The van der Waals surface area contributed by atoms with Crippen LogP contribution in [0.3, 0.4) is 0 Å². The topological polar surface area (TPSA) is 17.1 Å². The second-order valence-corrected chi connectivity index (χ2v) is 4.96. The lowest BCUT2D eigenvalue weighted by Gasteiger charge is -2.29. The minimum absolute atomic E-state index is 0.0934. The molecule has 0 aromatic rings. The number of carbonyl (C=O) groups excluding carboxylic acids is 1. The maximum atomic E-state index is 10.9. The summed E-state index contributed by atoms with van der Waals surface area (Å²) in [6.45, 7) is 6.39. The van der Waals surface area contributed by atoms with Crippen molar-refractivity contribution in [3.8, 4) is 0 Å². The Kier molecular flexibility index (Phi) is 4.31. The van der Waals surface area contributed by atoms with Gasteiger partial charge in [-0.25, -0.2) is 0 Å². The van der Waals surface area contributed by atoms with Gasteiger partial charge in [0.05, 0.1) is 0 Å². The second-order valence-electron chi connectivity index (χ2n) is 4.96. The molecule has 0 N–H and O–H groups in total. The summed E-state index contributed by atoms with van der Waals surface area (Å²) in [7, 11) is 0. The number of aldehydes is 1. The van der Waals surface area contributed by atoms with Crippen LogP contribution in [0.1, 0.15) is 46.5 Å². The van der Waals surface area contributed by atoms with E-state index in [0.29, 0.717) is 5.92 Å². The van der Waals surface area contributed by atoms with Gasteiger partial charge in [0.25, 0.3) is 0 Å². The third-order valence-electron chi connectivity index (χ3n) is 3.46. The Morgan fingerprint density at radius 3 is 2.80 bits per heavy atom. The zero-order valence-electron chi connectivity index (χ0n) is 10.1. The van der Waals surface area contributed by atoms with Crippen molar-refractivity contribution in [2.24, 2.45) is 11.3 Å². The highest BCUT2D eigenvalue weighted by molar-refractivity contribution is 5.59. The number of hydrogen-bond acceptors (Lipinski definition) is 1. The van der Waals surface area contributed by atoms with Crippen molar-refractivity contribution in [2.75, 3.05) is 0 Å². The molecule has 1 heteroatoms. The SMILES string of the molecule is CC=CCC(C)C1=CCC(C)(C=O)CC1.